The summed E-state index contributed by atoms with van der Waals surface area (Å²) in [7, 11) is 1.61. The number of rotatable bonds is 4. The second-order valence-electron chi connectivity index (χ2n) is 3.34. The van der Waals surface area contributed by atoms with Crippen LogP contribution in [0.4, 0.5) is 5.82 Å². The van der Waals surface area contributed by atoms with Crippen LogP contribution in [0.3, 0.4) is 0 Å². The highest BCUT2D eigenvalue weighted by Crippen LogP contribution is 2.14. The number of hydrogen-bond donors (Lipinski definition) is 1. The van der Waals surface area contributed by atoms with Crippen LogP contribution in [0.25, 0.3) is 0 Å². The zero-order valence-electron chi connectivity index (χ0n) is 9.67. The quantitative estimate of drug-likeness (QED) is 0.680. The number of hydrazone groups is 1. The molecule has 0 fully saturated rings. The lowest BCUT2D eigenvalue weighted by atomic mass is 10.2. The van der Waals surface area contributed by atoms with Crippen LogP contribution in [0.15, 0.2) is 41.8 Å². The van der Waals surface area contributed by atoms with Crippen LogP contribution >= 0.6 is 11.6 Å². The van der Waals surface area contributed by atoms with E-state index >= 15 is 0 Å². The predicted octanol–water partition coefficient (Wildman–Crippen LogP) is 2.58. The van der Waals surface area contributed by atoms with E-state index in [1.165, 1.54) is 12.4 Å². The van der Waals surface area contributed by atoms with Crippen molar-refractivity contribution in [1.29, 1.82) is 0 Å². The van der Waals surface area contributed by atoms with Gasteiger partial charge in [0, 0.05) is 5.56 Å². The fraction of sp³-hybridized carbons (Fsp3) is 0.0833. The second-order valence-corrected chi connectivity index (χ2v) is 3.73. The standard InChI is InChI=1S/C12H11ClN4O/c1-18-10-5-3-2-4-9(10)6-15-17-12-8-14-7-11(13)16-12/h2-8H,1H3,(H,16,17)/b15-6+. The molecule has 5 nitrogen and oxygen atoms in total. The molecule has 2 rings (SSSR count). The van der Waals surface area contributed by atoms with E-state index in [1.807, 2.05) is 24.3 Å². The summed E-state index contributed by atoms with van der Waals surface area (Å²) in [5.41, 5.74) is 3.60. The van der Waals surface area contributed by atoms with Crippen molar-refractivity contribution in [2.45, 2.75) is 0 Å². The van der Waals surface area contributed by atoms with Gasteiger partial charge in [-0.25, -0.2) is 4.98 Å². The minimum absolute atomic E-state index is 0.312. The monoisotopic (exact) mass is 262 g/mol. The maximum absolute atomic E-state index is 5.70. The number of para-hydroxylation sites is 1. The van der Waals surface area contributed by atoms with Crippen LogP contribution in [0.5, 0.6) is 5.75 Å². The van der Waals surface area contributed by atoms with Gasteiger partial charge in [0.2, 0.25) is 0 Å². The SMILES string of the molecule is COc1ccccc1/C=N/Nc1cncc(Cl)n1. The van der Waals surface area contributed by atoms with Crippen molar-refractivity contribution in [1.82, 2.24) is 9.97 Å². The van der Waals surface area contributed by atoms with E-state index in [0.29, 0.717) is 11.0 Å². The summed E-state index contributed by atoms with van der Waals surface area (Å²) in [5, 5.41) is 4.36. The number of aromatic nitrogens is 2. The summed E-state index contributed by atoms with van der Waals surface area (Å²) in [6.07, 6.45) is 4.63. The van der Waals surface area contributed by atoms with Gasteiger partial charge in [0.15, 0.2) is 5.82 Å². The molecule has 1 heterocycles. The highest BCUT2D eigenvalue weighted by molar-refractivity contribution is 6.29. The van der Waals surface area contributed by atoms with Crippen molar-refractivity contribution in [3.8, 4) is 5.75 Å². The van der Waals surface area contributed by atoms with Crippen LogP contribution in [0.1, 0.15) is 5.56 Å². The van der Waals surface area contributed by atoms with Gasteiger partial charge in [-0.3, -0.25) is 10.4 Å². The number of nitrogens with zero attached hydrogens (tertiary/aromatic N) is 3. The smallest absolute Gasteiger partial charge is 0.166 e. The van der Waals surface area contributed by atoms with E-state index < -0.39 is 0 Å². The summed E-state index contributed by atoms with van der Waals surface area (Å²) < 4.78 is 5.20. The summed E-state index contributed by atoms with van der Waals surface area (Å²) >= 11 is 5.70. The molecule has 1 N–H and O–H groups in total. The molecule has 0 saturated carbocycles. The number of methoxy groups -OCH3 is 1. The summed E-state index contributed by atoms with van der Waals surface area (Å²) in [6.45, 7) is 0. The molecule has 0 radical (unpaired) electrons. The first-order valence-corrected chi connectivity index (χ1v) is 5.57. The molecule has 1 aromatic heterocycles. The molecule has 0 aliphatic carbocycles. The van der Waals surface area contributed by atoms with Crippen molar-refractivity contribution >= 4 is 23.6 Å². The Hall–Kier alpha value is -2.14. The Labute approximate surface area is 109 Å². The number of hydrogen-bond acceptors (Lipinski definition) is 5. The molecule has 0 aliphatic rings. The van der Waals surface area contributed by atoms with Crippen LogP contribution in [-0.2, 0) is 0 Å². The molecule has 0 amide bonds. The first kappa shape index (κ1) is 12.3. The molecule has 18 heavy (non-hydrogen) atoms. The fourth-order valence-electron chi connectivity index (χ4n) is 1.34. The van der Waals surface area contributed by atoms with Gasteiger partial charge in [-0.15, -0.1) is 0 Å². The Balaban J connectivity index is 2.07. The van der Waals surface area contributed by atoms with Crippen LogP contribution in [-0.4, -0.2) is 23.3 Å². The average molecular weight is 263 g/mol. The van der Waals surface area contributed by atoms with E-state index in [0.717, 1.165) is 11.3 Å². The minimum atomic E-state index is 0.312. The molecule has 2 aromatic rings. The van der Waals surface area contributed by atoms with Gasteiger partial charge in [0.05, 0.1) is 25.7 Å². The lowest BCUT2D eigenvalue weighted by Gasteiger charge is -2.03. The zero-order chi connectivity index (χ0) is 12.8. The van der Waals surface area contributed by atoms with Crippen molar-refractivity contribution in [3.05, 3.63) is 47.4 Å². The Morgan fingerprint density at radius 1 is 1.33 bits per heavy atom. The molecule has 0 unspecified atom stereocenters. The predicted molar refractivity (Wildman–Crippen MR) is 71.3 cm³/mol. The van der Waals surface area contributed by atoms with Gasteiger partial charge in [0.25, 0.3) is 0 Å². The molecular weight excluding hydrogens is 252 g/mol. The minimum Gasteiger partial charge on any atom is -0.496 e. The summed E-state index contributed by atoms with van der Waals surface area (Å²) in [6, 6.07) is 7.56. The first-order valence-electron chi connectivity index (χ1n) is 5.19. The van der Waals surface area contributed by atoms with Crippen molar-refractivity contribution in [2.24, 2.45) is 5.10 Å². The van der Waals surface area contributed by atoms with Gasteiger partial charge in [-0.2, -0.15) is 5.10 Å². The lowest BCUT2D eigenvalue weighted by Crippen LogP contribution is -1.96. The van der Waals surface area contributed by atoms with E-state index in [1.54, 1.807) is 13.3 Å². The molecule has 0 spiro atoms. The van der Waals surface area contributed by atoms with E-state index in [9.17, 15) is 0 Å². The third kappa shape index (κ3) is 3.18. The molecular formula is C12H11ClN4O. The summed E-state index contributed by atoms with van der Waals surface area (Å²) in [4.78, 5) is 7.88. The van der Waals surface area contributed by atoms with E-state index in [4.69, 9.17) is 16.3 Å². The van der Waals surface area contributed by atoms with Gasteiger partial charge in [-0.1, -0.05) is 23.7 Å². The van der Waals surface area contributed by atoms with Crippen LogP contribution < -0.4 is 10.2 Å². The Bertz CT molecular complexity index is 559. The Kier molecular flexibility index (Phi) is 4.09. The number of benzene rings is 1. The maximum atomic E-state index is 5.70. The second kappa shape index (κ2) is 5.97. The van der Waals surface area contributed by atoms with Gasteiger partial charge >= 0.3 is 0 Å². The summed E-state index contributed by atoms with van der Waals surface area (Å²) in [5.74, 6) is 1.23. The van der Waals surface area contributed by atoms with Crippen LogP contribution in [0, 0.1) is 0 Å². The van der Waals surface area contributed by atoms with Crippen molar-refractivity contribution < 1.29 is 4.74 Å². The third-order valence-electron chi connectivity index (χ3n) is 2.13. The van der Waals surface area contributed by atoms with Crippen LogP contribution in [0.2, 0.25) is 5.15 Å². The maximum Gasteiger partial charge on any atom is 0.166 e. The van der Waals surface area contributed by atoms with Gasteiger partial charge < -0.3 is 4.74 Å². The molecule has 0 bridgehead atoms. The molecule has 92 valence electrons. The number of ether oxygens (including phenoxy) is 1. The molecule has 0 aliphatic heterocycles. The fourth-order valence-corrected chi connectivity index (χ4v) is 1.48. The highest BCUT2D eigenvalue weighted by atomic mass is 35.5. The largest absolute Gasteiger partial charge is 0.496 e. The molecule has 1 aromatic carbocycles. The first-order chi connectivity index (χ1) is 8.79. The normalized spacial score (nSPS) is 10.6. The third-order valence-corrected chi connectivity index (χ3v) is 2.31. The van der Waals surface area contributed by atoms with Crippen molar-refractivity contribution in [3.63, 3.8) is 0 Å². The number of nitrogens with one attached hydrogen (secondary N) is 1. The number of halogens is 1. The Morgan fingerprint density at radius 2 is 2.17 bits per heavy atom. The van der Waals surface area contributed by atoms with Gasteiger partial charge in [-0.05, 0) is 12.1 Å². The highest BCUT2D eigenvalue weighted by Gasteiger charge is 1.97. The van der Waals surface area contributed by atoms with Gasteiger partial charge in [0.1, 0.15) is 10.9 Å². The molecule has 0 saturated heterocycles. The van der Waals surface area contributed by atoms with Crippen molar-refractivity contribution in [2.75, 3.05) is 12.5 Å². The average Bonchev–Trinajstić information content (AvgIpc) is 2.39. The number of anilines is 1. The zero-order valence-corrected chi connectivity index (χ0v) is 10.4. The Morgan fingerprint density at radius 3 is 2.94 bits per heavy atom. The van der Waals surface area contributed by atoms with E-state index in [2.05, 4.69) is 20.5 Å². The van der Waals surface area contributed by atoms with E-state index in [-0.39, 0.29) is 0 Å². The lowest BCUT2D eigenvalue weighted by molar-refractivity contribution is 0.414. The molecule has 6 heteroatoms. The molecule has 0 atom stereocenters. The topological polar surface area (TPSA) is 59.4 Å².